The monoisotopic (exact) mass is 492 g/mol. The lowest BCUT2D eigenvalue weighted by Gasteiger charge is -2.37. The van der Waals surface area contributed by atoms with Crippen LogP contribution in [0.15, 0.2) is 90.7 Å². The van der Waals surface area contributed by atoms with Gasteiger partial charge in [0.05, 0.1) is 6.42 Å². The number of nitrogens with zero attached hydrogens (tertiary/aromatic N) is 3. The fraction of sp³-hybridized carbons (Fsp3) is 0.258. The summed E-state index contributed by atoms with van der Waals surface area (Å²) in [6, 6.07) is 21.5. The molecule has 2 aliphatic rings. The summed E-state index contributed by atoms with van der Waals surface area (Å²) in [7, 11) is 4.07. The number of fused-ring (bicyclic) bond motifs is 1. The molecule has 6 heteroatoms. The van der Waals surface area contributed by atoms with Crippen molar-refractivity contribution >= 4 is 28.8 Å². The summed E-state index contributed by atoms with van der Waals surface area (Å²) in [6.07, 6.45) is 7.59. The second kappa shape index (κ2) is 10.1. The number of rotatable bonds is 6. The number of allylic oxidation sites excluding steroid dienone is 2. The van der Waals surface area contributed by atoms with E-state index in [0.717, 1.165) is 45.8 Å². The van der Waals surface area contributed by atoms with E-state index >= 15 is 0 Å². The zero-order chi connectivity index (χ0) is 26.0. The third kappa shape index (κ3) is 5.11. The van der Waals surface area contributed by atoms with E-state index < -0.39 is 0 Å². The molecule has 1 aliphatic heterocycles. The molecule has 1 aromatic heterocycles. The molecule has 3 aromatic rings. The summed E-state index contributed by atoms with van der Waals surface area (Å²) < 4.78 is 0. The normalized spacial score (nSPS) is 18.8. The summed E-state index contributed by atoms with van der Waals surface area (Å²) in [6.45, 7) is 2.78. The van der Waals surface area contributed by atoms with Gasteiger partial charge in [0.15, 0.2) is 0 Å². The predicted molar refractivity (Wildman–Crippen MR) is 148 cm³/mol. The molecule has 0 radical (unpaired) electrons. The van der Waals surface area contributed by atoms with E-state index in [0.29, 0.717) is 13.0 Å². The van der Waals surface area contributed by atoms with Gasteiger partial charge in [0, 0.05) is 47.3 Å². The van der Waals surface area contributed by atoms with Crippen LogP contribution in [0.2, 0.25) is 0 Å². The van der Waals surface area contributed by atoms with E-state index in [-0.39, 0.29) is 23.8 Å². The molecule has 37 heavy (non-hydrogen) atoms. The minimum atomic E-state index is -0.253. The maximum atomic E-state index is 13.6. The first kappa shape index (κ1) is 24.7. The van der Waals surface area contributed by atoms with E-state index in [1.54, 1.807) is 6.20 Å². The lowest BCUT2D eigenvalue weighted by Crippen LogP contribution is -2.42. The summed E-state index contributed by atoms with van der Waals surface area (Å²) in [4.78, 5) is 34.8. The van der Waals surface area contributed by atoms with Gasteiger partial charge in [-0.1, -0.05) is 48.6 Å². The largest absolute Gasteiger partial charge is 0.322 e. The minimum absolute atomic E-state index is 0.0313. The molecule has 0 saturated heterocycles. The first-order chi connectivity index (χ1) is 17.8. The molecule has 0 fully saturated rings. The number of carbonyl (C=O) groups excluding carboxylic acids is 2. The molecular formula is C31H32N4O2. The highest BCUT2D eigenvalue weighted by Crippen LogP contribution is 2.36. The minimum Gasteiger partial charge on any atom is -0.322 e. The number of amides is 2. The molecule has 2 aromatic carbocycles. The van der Waals surface area contributed by atoms with Crippen LogP contribution in [-0.2, 0) is 22.4 Å². The predicted octanol–water partition coefficient (Wildman–Crippen LogP) is 4.89. The number of pyridine rings is 1. The van der Waals surface area contributed by atoms with Gasteiger partial charge in [-0.2, -0.15) is 0 Å². The van der Waals surface area contributed by atoms with E-state index in [2.05, 4.69) is 34.3 Å². The van der Waals surface area contributed by atoms with E-state index in [9.17, 15) is 9.59 Å². The SMILES string of the molecule is CN(C)C1(C)C=CC(c2ccccc2)=C(C(=O)Nc2ccc3c(c2)CCN3C(=O)Cc2ccccn2)C1. The molecule has 6 nitrogen and oxygen atoms in total. The van der Waals surface area contributed by atoms with Gasteiger partial charge in [-0.3, -0.25) is 14.6 Å². The van der Waals surface area contributed by atoms with Crippen molar-refractivity contribution in [2.24, 2.45) is 0 Å². The van der Waals surface area contributed by atoms with Crippen molar-refractivity contribution < 1.29 is 9.59 Å². The van der Waals surface area contributed by atoms with Gasteiger partial charge < -0.3 is 15.1 Å². The molecule has 1 aliphatic carbocycles. The van der Waals surface area contributed by atoms with Crippen molar-refractivity contribution in [1.29, 1.82) is 0 Å². The lowest BCUT2D eigenvalue weighted by molar-refractivity contribution is -0.118. The molecule has 188 valence electrons. The Balaban J connectivity index is 1.37. The number of aromatic nitrogens is 1. The highest BCUT2D eigenvalue weighted by molar-refractivity contribution is 6.11. The second-order valence-corrected chi connectivity index (χ2v) is 10.1. The number of benzene rings is 2. The average molecular weight is 493 g/mol. The fourth-order valence-corrected chi connectivity index (χ4v) is 4.97. The first-order valence-corrected chi connectivity index (χ1v) is 12.6. The van der Waals surface area contributed by atoms with Crippen molar-refractivity contribution in [1.82, 2.24) is 9.88 Å². The highest BCUT2D eigenvalue weighted by Gasteiger charge is 2.33. The Morgan fingerprint density at radius 2 is 1.84 bits per heavy atom. The molecule has 1 unspecified atom stereocenters. The van der Waals surface area contributed by atoms with Crippen LogP contribution in [-0.4, -0.2) is 47.9 Å². The van der Waals surface area contributed by atoms with Crippen LogP contribution in [0.25, 0.3) is 5.57 Å². The van der Waals surface area contributed by atoms with Gasteiger partial charge in [-0.25, -0.2) is 0 Å². The van der Waals surface area contributed by atoms with Crippen molar-refractivity contribution in [2.75, 3.05) is 30.9 Å². The Hall–Kier alpha value is -4.03. The van der Waals surface area contributed by atoms with E-state index in [1.807, 2.05) is 85.7 Å². The Morgan fingerprint density at radius 1 is 1.05 bits per heavy atom. The molecule has 2 heterocycles. The summed E-state index contributed by atoms with van der Waals surface area (Å²) in [5.41, 5.74) is 5.96. The summed E-state index contributed by atoms with van der Waals surface area (Å²) in [5, 5.41) is 3.14. The Morgan fingerprint density at radius 3 is 2.57 bits per heavy atom. The third-order valence-electron chi connectivity index (χ3n) is 7.44. The molecule has 1 N–H and O–H groups in total. The van der Waals surface area contributed by atoms with Gasteiger partial charge in [0.2, 0.25) is 5.91 Å². The van der Waals surface area contributed by atoms with Crippen LogP contribution in [0, 0.1) is 0 Å². The zero-order valence-corrected chi connectivity index (χ0v) is 21.6. The van der Waals surface area contributed by atoms with Crippen molar-refractivity contribution in [3.05, 3.63) is 107 Å². The van der Waals surface area contributed by atoms with Crippen molar-refractivity contribution in [3.8, 4) is 0 Å². The number of hydrogen-bond donors (Lipinski definition) is 1. The van der Waals surface area contributed by atoms with Gasteiger partial charge in [0.1, 0.15) is 0 Å². The standard InChI is InChI=1S/C31H32N4O2/c1-31(34(2)3)16-14-26(22-9-5-4-6-10-22)27(21-31)30(37)33-25-12-13-28-23(19-25)15-18-35(28)29(36)20-24-11-7-8-17-32-24/h4-14,16-17,19H,15,18,20-21H2,1-3H3,(H,33,37). The van der Waals surface area contributed by atoms with Crippen LogP contribution >= 0.6 is 0 Å². The maximum Gasteiger partial charge on any atom is 0.252 e. The Labute approximate surface area is 218 Å². The molecule has 1 atom stereocenters. The van der Waals surface area contributed by atoms with Crippen LogP contribution in [0.5, 0.6) is 0 Å². The third-order valence-corrected chi connectivity index (χ3v) is 7.44. The Kier molecular flexibility index (Phi) is 6.76. The number of nitrogens with one attached hydrogen (secondary N) is 1. The molecular weight excluding hydrogens is 460 g/mol. The van der Waals surface area contributed by atoms with Crippen LogP contribution in [0.3, 0.4) is 0 Å². The molecule has 0 spiro atoms. The smallest absolute Gasteiger partial charge is 0.252 e. The fourth-order valence-electron chi connectivity index (χ4n) is 4.97. The number of likely N-dealkylation sites (N-methyl/N-ethyl adjacent to an activating group) is 1. The Bertz CT molecular complexity index is 1380. The number of anilines is 2. The first-order valence-electron chi connectivity index (χ1n) is 12.6. The molecule has 2 amide bonds. The van der Waals surface area contributed by atoms with E-state index in [4.69, 9.17) is 0 Å². The van der Waals surface area contributed by atoms with E-state index in [1.165, 1.54) is 0 Å². The number of hydrogen-bond acceptors (Lipinski definition) is 4. The maximum absolute atomic E-state index is 13.6. The van der Waals surface area contributed by atoms with Gasteiger partial charge in [-0.05, 0) is 74.5 Å². The highest BCUT2D eigenvalue weighted by atomic mass is 16.2. The van der Waals surface area contributed by atoms with Crippen molar-refractivity contribution in [3.63, 3.8) is 0 Å². The number of carbonyl (C=O) groups is 2. The molecule has 0 saturated carbocycles. The van der Waals surface area contributed by atoms with Gasteiger partial charge in [-0.15, -0.1) is 0 Å². The van der Waals surface area contributed by atoms with Gasteiger partial charge >= 0.3 is 0 Å². The topological polar surface area (TPSA) is 65.5 Å². The summed E-state index contributed by atoms with van der Waals surface area (Å²) in [5.74, 6) is -0.0684. The molecule has 5 rings (SSSR count). The second-order valence-electron chi connectivity index (χ2n) is 10.1. The van der Waals surface area contributed by atoms with Gasteiger partial charge in [0.25, 0.3) is 5.91 Å². The van der Waals surface area contributed by atoms with Crippen LogP contribution in [0.1, 0.15) is 30.2 Å². The molecule has 0 bridgehead atoms. The quantitative estimate of drug-likeness (QED) is 0.532. The van der Waals surface area contributed by atoms with Crippen LogP contribution < -0.4 is 10.2 Å². The lowest BCUT2D eigenvalue weighted by atomic mass is 9.81. The summed E-state index contributed by atoms with van der Waals surface area (Å²) >= 11 is 0. The average Bonchev–Trinajstić information content (AvgIpc) is 3.33. The zero-order valence-electron chi connectivity index (χ0n) is 21.6. The van der Waals surface area contributed by atoms with Crippen molar-refractivity contribution in [2.45, 2.75) is 31.7 Å². The van der Waals surface area contributed by atoms with Crippen LogP contribution in [0.4, 0.5) is 11.4 Å².